The summed E-state index contributed by atoms with van der Waals surface area (Å²) in [6.07, 6.45) is 8.69. The molecule has 2 aliphatic heterocycles. The monoisotopic (exact) mass is 902 g/mol. The molecule has 0 saturated heterocycles. The summed E-state index contributed by atoms with van der Waals surface area (Å²) in [4.78, 5) is 18.9. The Labute approximate surface area is 395 Å². The molecular formula is C56H62FeN8+7. The molecule has 65 heavy (non-hydrogen) atoms. The molecule has 3 aromatic heterocycles. The van der Waals surface area contributed by atoms with Gasteiger partial charge in [0.05, 0.1) is 107 Å². The average molecular weight is 903 g/mol. The molecule has 2 aliphatic rings. The second-order valence-corrected chi connectivity index (χ2v) is 20.7. The van der Waals surface area contributed by atoms with Crippen LogP contribution in [0.5, 0.6) is 0 Å². The van der Waals surface area contributed by atoms with E-state index in [4.69, 9.17) is 9.97 Å². The first-order valence-corrected chi connectivity index (χ1v) is 22.1. The quantitative estimate of drug-likeness (QED) is 0.118. The van der Waals surface area contributed by atoms with Crippen LogP contribution in [0, 0.1) is 0 Å². The van der Waals surface area contributed by atoms with Gasteiger partial charge in [0.2, 0.25) is 0 Å². The molecule has 9 heteroatoms. The number of aromatic nitrogens is 4. The molecule has 0 unspecified atom stereocenters. The van der Waals surface area contributed by atoms with E-state index in [1.807, 2.05) is 0 Å². The normalized spacial score (nSPS) is 13.0. The number of nitrogens with zero attached hydrogens (tertiary/aromatic N) is 6. The van der Waals surface area contributed by atoms with E-state index in [0.717, 1.165) is 107 Å². The third kappa shape index (κ3) is 8.96. The van der Waals surface area contributed by atoms with E-state index in [0.29, 0.717) is 0 Å². The number of hydrogen-bond donors (Lipinski definition) is 2. The number of H-pyrrole nitrogens is 2. The summed E-state index contributed by atoms with van der Waals surface area (Å²) in [5.74, 6) is 0. The molecule has 5 heterocycles. The Morgan fingerprint density at radius 1 is 0.277 bits per heavy atom. The number of benzene rings is 4. The fourth-order valence-corrected chi connectivity index (χ4v) is 8.72. The number of nitrogens with one attached hydrogen (secondary N) is 2. The molecule has 8 bridgehead atoms. The fourth-order valence-electron chi connectivity index (χ4n) is 8.72. The first-order valence-electron chi connectivity index (χ1n) is 22.1. The molecule has 0 saturated carbocycles. The molecule has 4 aromatic carbocycles. The van der Waals surface area contributed by atoms with Gasteiger partial charge in [0.25, 0.3) is 0 Å². The molecule has 8 nitrogen and oxygen atoms in total. The van der Waals surface area contributed by atoms with Crippen LogP contribution in [0.4, 0.5) is 22.7 Å². The molecular weight excluding hydrogens is 841 g/mol. The Morgan fingerprint density at radius 3 is 0.631 bits per heavy atom. The van der Waals surface area contributed by atoms with E-state index < -0.39 is 0 Å². The van der Waals surface area contributed by atoms with E-state index in [-0.39, 0.29) is 17.1 Å². The van der Waals surface area contributed by atoms with E-state index in [1.54, 1.807) is 0 Å². The van der Waals surface area contributed by atoms with Gasteiger partial charge in [-0.15, -0.1) is 0 Å². The summed E-state index contributed by atoms with van der Waals surface area (Å²) in [5.41, 5.74) is 20.9. The van der Waals surface area contributed by atoms with Crippen molar-refractivity contribution in [3.8, 4) is 44.5 Å². The van der Waals surface area contributed by atoms with Crippen molar-refractivity contribution in [3.05, 3.63) is 144 Å². The summed E-state index contributed by atoms with van der Waals surface area (Å²) in [7, 11) is 26.4. The predicted molar refractivity (Wildman–Crippen MR) is 279 cm³/mol. The molecule has 0 fully saturated rings. The van der Waals surface area contributed by atoms with Crippen molar-refractivity contribution >= 4 is 69.1 Å². The zero-order valence-electron chi connectivity index (χ0n) is 39.9. The van der Waals surface area contributed by atoms with Crippen molar-refractivity contribution in [2.24, 2.45) is 0 Å². The first-order chi connectivity index (χ1) is 30.2. The molecule has 0 atom stereocenters. The summed E-state index contributed by atoms with van der Waals surface area (Å²) < 4.78 is 2.91. The van der Waals surface area contributed by atoms with Gasteiger partial charge in [-0.25, -0.2) is 9.97 Å². The fraction of sp³-hybridized carbons (Fsp3) is 0.214. The van der Waals surface area contributed by atoms with Crippen LogP contribution in [-0.2, 0) is 17.1 Å². The Bertz CT molecular complexity index is 2720. The Hall–Kier alpha value is -6.16. The van der Waals surface area contributed by atoms with E-state index in [1.165, 1.54) is 22.7 Å². The van der Waals surface area contributed by atoms with Crippen molar-refractivity contribution in [2.75, 3.05) is 84.6 Å². The minimum absolute atomic E-state index is 0. The van der Waals surface area contributed by atoms with Gasteiger partial charge in [0, 0.05) is 44.3 Å². The summed E-state index contributed by atoms with van der Waals surface area (Å²) in [5, 5.41) is 0. The van der Waals surface area contributed by atoms with Crippen molar-refractivity contribution in [1.82, 2.24) is 37.9 Å². The second-order valence-electron chi connectivity index (χ2n) is 20.7. The van der Waals surface area contributed by atoms with Gasteiger partial charge < -0.3 is 9.97 Å². The van der Waals surface area contributed by atoms with E-state index in [9.17, 15) is 0 Å². The number of fused-ring (bicyclic) bond motifs is 8. The number of hydrogen-bond acceptors (Lipinski definition) is 2. The van der Waals surface area contributed by atoms with Gasteiger partial charge in [-0.2, -0.15) is 0 Å². The van der Waals surface area contributed by atoms with Crippen molar-refractivity contribution in [3.63, 3.8) is 0 Å². The maximum atomic E-state index is 5.54. The SMILES string of the molecule is C[N+](C)(C)c1ccc(-c2c3nc(c(-c4ccc([N+](C)(C)C)cc4)c4ccc([nH]4)c(-c4ccc([N+](C)(C)C)cc4)c4nc(c(-c5ccc([N+](C)(C)C)cc5)c5ccc2[nH]5)C=C4)C=C3)cc1.[Fe+3]. The molecule has 2 N–H and O–H groups in total. The molecule has 327 valence electrons. The molecule has 1 radical (unpaired) electrons. The predicted octanol–water partition coefficient (Wildman–Crippen LogP) is 12.1. The summed E-state index contributed by atoms with van der Waals surface area (Å²) in [6, 6.07) is 44.5. The van der Waals surface area contributed by atoms with Gasteiger partial charge in [0.1, 0.15) is 22.7 Å². The van der Waals surface area contributed by atoms with Crippen LogP contribution >= 0.6 is 0 Å². The third-order valence-electron chi connectivity index (χ3n) is 12.5. The van der Waals surface area contributed by atoms with E-state index in [2.05, 4.69) is 240 Å². The molecule has 0 spiro atoms. The smallest absolute Gasteiger partial charge is 0.354 e. The molecule has 9 rings (SSSR count). The van der Waals surface area contributed by atoms with Crippen molar-refractivity contribution in [2.45, 2.75) is 0 Å². The molecule has 7 aromatic rings. The van der Waals surface area contributed by atoms with Crippen molar-refractivity contribution in [1.29, 1.82) is 0 Å². The average Bonchev–Trinajstić information content (AvgIpc) is 4.08. The standard InChI is InChI=1S/C56H62N8.Fe/c1-61(2,3)41-21-13-37(14-22-41)53-45-29-31-47(57-45)54(38-15-23-42(24-16-38)62(4,5)6)49-33-35-51(59-49)56(40-19-27-44(28-20-40)64(10,11)12)52-36-34-50(60-52)55(48-32-30-46(53)58-48)39-17-25-43(26-18-39)63(7,8)9;/h13-36,57,60H,1-12H3;/q+4;+3. The zero-order valence-corrected chi connectivity index (χ0v) is 41.0. The van der Waals surface area contributed by atoms with Gasteiger partial charge in [-0.1, -0.05) is 0 Å². The third-order valence-corrected chi connectivity index (χ3v) is 12.5. The number of quaternary nitrogens is 4. The topological polar surface area (TPSA) is 57.4 Å². The summed E-state index contributed by atoms with van der Waals surface area (Å²) in [6.45, 7) is 0. The number of aromatic amines is 2. The Kier molecular flexibility index (Phi) is 11.7. The van der Waals surface area contributed by atoms with Crippen LogP contribution in [0.3, 0.4) is 0 Å². The van der Waals surface area contributed by atoms with Crippen LogP contribution in [0.1, 0.15) is 22.8 Å². The van der Waals surface area contributed by atoms with Crippen LogP contribution in [0.15, 0.2) is 121 Å². The number of rotatable bonds is 8. The Morgan fingerprint density at radius 2 is 0.462 bits per heavy atom. The van der Waals surface area contributed by atoms with E-state index >= 15 is 0 Å². The maximum absolute atomic E-state index is 5.54. The van der Waals surface area contributed by atoms with Gasteiger partial charge >= 0.3 is 17.1 Å². The maximum Gasteiger partial charge on any atom is 3.00 e. The van der Waals surface area contributed by atoms with Gasteiger partial charge in [-0.05, 0) is 168 Å². The van der Waals surface area contributed by atoms with Crippen LogP contribution < -0.4 is 17.9 Å². The Balaban J connectivity index is 0.00000576. The minimum Gasteiger partial charge on any atom is -0.354 e. The van der Waals surface area contributed by atoms with Crippen LogP contribution in [0.25, 0.3) is 90.9 Å². The molecule has 0 amide bonds. The van der Waals surface area contributed by atoms with Gasteiger partial charge in [0.15, 0.2) is 0 Å². The molecule has 0 aliphatic carbocycles. The first kappa shape index (κ1) is 45.4. The second kappa shape index (κ2) is 16.7. The van der Waals surface area contributed by atoms with Gasteiger partial charge in [-0.3, -0.25) is 17.9 Å². The zero-order chi connectivity index (χ0) is 45.3. The summed E-state index contributed by atoms with van der Waals surface area (Å²) >= 11 is 0. The largest absolute Gasteiger partial charge is 3.00 e. The van der Waals surface area contributed by atoms with Crippen LogP contribution in [-0.4, -0.2) is 105 Å². The van der Waals surface area contributed by atoms with Crippen molar-refractivity contribution < 1.29 is 17.1 Å². The minimum atomic E-state index is 0. The van der Waals surface area contributed by atoms with Crippen LogP contribution in [0.2, 0.25) is 0 Å².